The number of benzene rings is 2. The minimum Gasteiger partial charge on any atom is -0.476 e. The Bertz CT molecular complexity index is 1460. The third-order valence-corrected chi connectivity index (χ3v) is 7.09. The number of carbonyl (C=O) groups is 3. The van der Waals surface area contributed by atoms with Gasteiger partial charge in [0.25, 0.3) is 11.8 Å². The number of carboxylic acid groups (broad SMARTS) is 1. The first-order valence-electron chi connectivity index (χ1n) is 12.5. The van der Waals surface area contributed by atoms with Gasteiger partial charge in [-0.3, -0.25) is 14.5 Å². The van der Waals surface area contributed by atoms with Gasteiger partial charge in [-0.2, -0.15) is 18.3 Å². The number of anilines is 1. The van der Waals surface area contributed by atoms with Crippen LogP contribution in [-0.2, 0) is 15.7 Å². The zero-order chi connectivity index (χ0) is 28.8. The van der Waals surface area contributed by atoms with Crippen molar-refractivity contribution in [3.63, 3.8) is 0 Å². The van der Waals surface area contributed by atoms with Crippen LogP contribution in [0.25, 0.3) is 0 Å². The van der Waals surface area contributed by atoms with E-state index >= 15 is 0 Å². The van der Waals surface area contributed by atoms with Crippen LogP contribution in [0.5, 0.6) is 0 Å². The van der Waals surface area contributed by atoms with Crippen molar-refractivity contribution in [2.24, 2.45) is 0 Å². The number of halogens is 4. The Hall–Kier alpha value is -4.26. The molecule has 0 aliphatic carbocycles. The first-order chi connectivity index (χ1) is 19.0. The number of alkyl halides is 3. The molecule has 2 aliphatic heterocycles. The molecule has 1 unspecified atom stereocenters. The molecule has 1 fully saturated rings. The zero-order valence-electron chi connectivity index (χ0n) is 21.1. The first kappa shape index (κ1) is 27.3. The summed E-state index contributed by atoms with van der Waals surface area (Å²) >= 11 is 0. The topological polar surface area (TPSA) is 114 Å². The average Bonchev–Trinajstić information content (AvgIpc) is 3.58. The largest absolute Gasteiger partial charge is 0.476 e. The van der Waals surface area contributed by atoms with E-state index in [9.17, 15) is 37.1 Å². The van der Waals surface area contributed by atoms with Crippen molar-refractivity contribution < 1.29 is 41.8 Å². The van der Waals surface area contributed by atoms with E-state index in [1.807, 2.05) is 0 Å². The van der Waals surface area contributed by atoms with Crippen molar-refractivity contribution in [2.45, 2.75) is 37.5 Å². The maximum absolute atomic E-state index is 13.9. The van der Waals surface area contributed by atoms with Gasteiger partial charge in [-0.05, 0) is 49.2 Å². The van der Waals surface area contributed by atoms with Crippen LogP contribution in [0.3, 0.4) is 0 Å². The van der Waals surface area contributed by atoms with Crippen molar-refractivity contribution >= 4 is 23.6 Å². The number of likely N-dealkylation sites (N-methyl/N-ethyl adjacent to an activating group) is 1. The number of aromatic carboxylic acids is 1. The van der Waals surface area contributed by atoms with E-state index in [4.69, 9.17) is 4.74 Å². The minimum absolute atomic E-state index is 0.0796. The molecule has 1 saturated heterocycles. The summed E-state index contributed by atoms with van der Waals surface area (Å²) in [4.78, 5) is 40.9. The second-order valence-electron chi connectivity index (χ2n) is 9.49. The summed E-state index contributed by atoms with van der Waals surface area (Å²) in [5.74, 6) is -4.47. The summed E-state index contributed by atoms with van der Waals surface area (Å²) in [6.07, 6.45) is -4.17. The van der Waals surface area contributed by atoms with Crippen LogP contribution in [0, 0.1) is 5.82 Å². The summed E-state index contributed by atoms with van der Waals surface area (Å²) in [7, 11) is 0. The highest BCUT2D eigenvalue weighted by Crippen LogP contribution is 2.44. The molecular weight excluding hydrogens is 536 g/mol. The van der Waals surface area contributed by atoms with Crippen molar-refractivity contribution in [3.05, 3.63) is 82.3 Å². The number of hydrogen-bond donors (Lipinski definition) is 2. The Kier molecular flexibility index (Phi) is 7.08. The molecule has 2 N–H and O–H groups in total. The monoisotopic (exact) mass is 560 g/mol. The smallest absolute Gasteiger partial charge is 0.416 e. The normalized spacial score (nSPS) is 20.9. The van der Waals surface area contributed by atoms with Crippen LogP contribution in [0.2, 0.25) is 0 Å². The van der Waals surface area contributed by atoms with Gasteiger partial charge < -0.3 is 15.2 Å². The Morgan fingerprint density at radius 2 is 1.90 bits per heavy atom. The Balaban J connectivity index is 1.67. The molecule has 9 nitrogen and oxygen atoms in total. The lowest BCUT2D eigenvalue weighted by Crippen LogP contribution is -2.55. The molecular formula is C27H24F4N4O5. The number of aromatic nitrogens is 2. The minimum atomic E-state index is -4.70. The number of nitrogens with one attached hydrogen (secondary N) is 1. The van der Waals surface area contributed by atoms with Crippen molar-refractivity contribution in [1.29, 1.82) is 0 Å². The first-order valence-corrected chi connectivity index (χ1v) is 12.5. The summed E-state index contributed by atoms with van der Waals surface area (Å²) in [6.45, 7) is 2.40. The molecule has 0 spiro atoms. The quantitative estimate of drug-likeness (QED) is 0.441. The fourth-order valence-corrected chi connectivity index (χ4v) is 5.24. The third kappa shape index (κ3) is 4.81. The lowest BCUT2D eigenvalue weighted by Gasteiger charge is -2.38. The van der Waals surface area contributed by atoms with Gasteiger partial charge in [-0.1, -0.05) is 18.2 Å². The number of rotatable bonds is 6. The number of fused-ring (bicyclic) bond motifs is 1. The van der Waals surface area contributed by atoms with Gasteiger partial charge in [0.2, 0.25) is 0 Å². The molecule has 40 heavy (non-hydrogen) atoms. The molecule has 0 bridgehead atoms. The van der Waals surface area contributed by atoms with Crippen molar-refractivity contribution in [3.8, 4) is 0 Å². The number of ether oxygens (including phenoxy) is 1. The maximum Gasteiger partial charge on any atom is 0.416 e. The molecule has 210 valence electrons. The van der Waals surface area contributed by atoms with Gasteiger partial charge in [0.15, 0.2) is 5.69 Å². The molecule has 3 heterocycles. The van der Waals surface area contributed by atoms with Crippen LogP contribution in [0.4, 0.5) is 23.4 Å². The third-order valence-electron chi connectivity index (χ3n) is 7.09. The molecule has 3 atom stereocenters. The number of amides is 2. The van der Waals surface area contributed by atoms with E-state index in [0.717, 1.165) is 24.3 Å². The Labute approximate surface area is 225 Å². The average molecular weight is 561 g/mol. The van der Waals surface area contributed by atoms with Crippen LogP contribution < -0.4 is 10.2 Å². The second-order valence-corrected chi connectivity index (χ2v) is 9.49. The van der Waals surface area contributed by atoms with Gasteiger partial charge in [0, 0.05) is 30.2 Å². The molecule has 2 aliphatic rings. The standard InChI is InChI=1S/C27H24F4N4O5/c1-2-34-24-20(22(26(38)39)33-35(24)18-10-11-40-13-18)19(14-6-8-17(28)9-7-14)21(25(34)37)32-23(36)15-4-3-5-16(12-15)27(29,30)31/h3-9,12,18-19,21H,2,10-11,13H2,1H3,(H,32,36)(H,38,39)/t18?,19-,21-/m0/s1. The van der Waals surface area contributed by atoms with E-state index in [1.54, 1.807) is 6.92 Å². The van der Waals surface area contributed by atoms with E-state index in [0.29, 0.717) is 24.7 Å². The van der Waals surface area contributed by atoms with Gasteiger partial charge in [0.1, 0.15) is 17.7 Å². The Morgan fingerprint density at radius 3 is 2.50 bits per heavy atom. The maximum atomic E-state index is 13.9. The van der Waals surface area contributed by atoms with Crippen LogP contribution in [-0.4, -0.2) is 58.5 Å². The molecule has 2 amide bonds. The molecule has 0 saturated carbocycles. The molecule has 5 rings (SSSR count). The molecule has 2 aromatic carbocycles. The Morgan fingerprint density at radius 1 is 1.18 bits per heavy atom. The van der Waals surface area contributed by atoms with Crippen LogP contribution in [0.1, 0.15) is 62.8 Å². The molecule has 13 heteroatoms. The highest BCUT2D eigenvalue weighted by atomic mass is 19.4. The van der Waals surface area contributed by atoms with Crippen LogP contribution in [0.15, 0.2) is 48.5 Å². The molecule has 1 aromatic heterocycles. The second kappa shape index (κ2) is 10.4. The highest BCUT2D eigenvalue weighted by molar-refractivity contribution is 6.06. The summed E-state index contributed by atoms with van der Waals surface area (Å²) in [5.41, 5.74) is -1.31. The van der Waals surface area contributed by atoms with E-state index in [1.165, 1.54) is 27.8 Å². The zero-order valence-corrected chi connectivity index (χ0v) is 21.1. The van der Waals surface area contributed by atoms with Gasteiger partial charge in [-0.25, -0.2) is 13.9 Å². The lowest BCUT2D eigenvalue weighted by atomic mass is 9.80. The van der Waals surface area contributed by atoms with E-state index < -0.39 is 47.3 Å². The predicted molar refractivity (Wildman–Crippen MR) is 133 cm³/mol. The fourth-order valence-electron chi connectivity index (χ4n) is 5.24. The summed E-state index contributed by atoms with van der Waals surface area (Å²) in [6, 6.07) is 6.94. The van der Waals surface area contributed by atoms with Crippen LogP contribution >= 0.6 is 0 Å². The number of carbonyl (C=O) groups excluding carboxylic acids is 2. The number of nitrogens with zero attached hydrogens (tertiary/aromatic N) is 3. The van der Waals surface area contributed by atoms with E-state index in [-0.39, 0.29) is 41.8 Å². The predicted octanol–water partition coefficient (Wildman–Crippen LogP) is 4.00. The SMILES string of the molecule is CCN1C(=O)[C@@H](NC(=O)c2cccc(C(F)(F)F)c2)[C@@H](c2ccc(F)cc2)c2c(C(=O)O)nn(C3CCOC3)c21. The van der Waals surface area contributed by atoms with Gasteiger partial charge in [-0.15, -0.1) is 0 Å². The summed E-state index contributed by atoms with van der Waals surface area (Å²) < 4.78 is 60.6. The number of carboxylic acids is 1. The number of hydrogen-bond acceptors (Lipinski definition) is 5. The fraction of sp³-hybridized carbons (Fsp3) is 0.333. The van der Waals surface area contributed by atoms with Gasteiger partial charge >= 0.3 is 12.1 Å². The molecule has 0 radical (unpaired) electrons. The van der Waals surface area contributed by atoms with Crippen molar-refractivity contribution in [2.75, 3.05) is 24.7 Å². The van der Waals surface area contributed by atoms with Crippen molar-refractivity contribution in [1.82, 2.24) is 15.1 Å². The summed E-state index contributed by atoms with van der Waals surface area (Å²) in [5, 5.41) is 17.0. The lowest BCUT2D eigenvalue weighted by molar-refractivity contribution is -0.137. The van der Waals surface area contributed by atoms with E-state index in [2.05, 4.69) is 10.4 Å². The van der Waals surface area contributed by atoms with Gasteiger partial charge in [0.05, 0.1) is 18.2 Å². The highest BCUT2D eigenvalue weighted by Gasteiger charge is 2.48. The molecule has 3 aromatic rings.